The molecule has 1 aromatic heterocycles. The number of benzene rings is 2. The quantitative estimate of drug-likeness (QED) is 0.00719. The summed E-state index contributed by atoms with van der Waals surface area (Å²) in [5.74, 6) is -0.663. The van der Waals surface area contributed by atoms with Crippen LogP contribution in [0.5, 0.6) is 11.5 Å². The molecule has 3 aromatic rings. The van der Waals surface area contributed by atoms with Crippen LogP contribution in [0.1, 0.15) is 201 Å². The smallest absolute Gasteiger partial charge is 0.497 e. The molecular weight excluding hydrogens is 1630 g/mol. The number of rotatable bonds is 33. The van der Waals surface area contributed by atoms with Gasteiger partial charge >= 0.3 is 47.9 Å². The summed E-state index contributed by atoms with van der Waals surface area (Å²) in [5, 5.41) is 17.8. The number of hydrogen-bond donors (Lipinski definition) is 5. The number of ketones is 4. The monoisotopic (exact) mass is 1780 g/mol. The number of thiocarbonyl (C=S) groups is 2. The maximum absolute atomic E-state index is 10.7. The zero-order chi connectivity index (χ0) is 95.0. The van der Waals surface area contributed by atoms with Gasteiger partial charge in [0, 0.05) is 124 Å². The van der Waals surface area contributed by atoms with E-state index in [1.807, 2.05) is 68.4 Å². The third kappa shape index (κ3) is 182. The number of aryl methyl sites for hydroxylation is 3. The Hall–Kier alpha value is -8.33. The molecule has 2 aromatic carbocycles. The van der Waals surface area contributed by atoms with E-state index >= 15 is 0 Å². The van der Waals surface area contributed by atoms with Gasteiger partial charge in [0.05, 0.1) is 88.2 Å². The molecule has 0 aliphatic carbocycles. The largest absolute Gasteiger partial charge is 0.505 e. The van der Waals surface area contributed by atoms with E-state index in [1.54, 1.807) is 82.9 Å². The van der Waals surface area contributed by atoms with E-state index in [9.17, 15) is 52.7 Å². The summed E-state index contributed by atoms with van der Waals surface area (Å²) < 4.78 is 74.4. The minimum Gasteiger partial charge on any atom is -0.497 e. The molecule has 0 atom stereocenters. The van der Waals surface area contributed by atoms with Crippen molar-refractivity contribution in [3.63, 3.8) is 0 Å². The van der Waals surface area contributed by atoms with E-state index in [2.05, 4.69) is 130 Å². The summed E-state index contributed by atoms with van der Waals surface area (Å²) in [4.78, 5) is 124. The first-order valence-electron chi connectivity index (χ1n) is 37.4. The molecule has 0 unspecified atom stereocenters. The highest BCUT2D eigenvalue weighted by Gasteiger charge is 2.03. The zero-order valence-corrected chi connectivity index (χ0v) is 79.7. The van der Waals surface area contributed by atoms with Gasteiger partial charge in [-0.2, -0.15) is 0 Å². The Morgan fingerprint density at radius 1 is 0.395 bits per heavy atom. The summed E-state index contributed by atoms with van der Waals surface area (Å²) in [6.07, 6.45) is 11.0. The molecule has 119 heavy (non-hydrogen) atoms. The Labute approximate surface area is 732 Å². The SMILES string of the molecule is CC(=O)c1ccc(C)cn1.CCC(=O)CC(C)=O.CCC(=O)O.CCCCCOC.CCCCCOC(C)=O.CCCOC(C)=O.CNC(=S)S.COC(=O)CC(C)=O.COC(=O)O.COC(=S)S.COC(C)=O.COCCCCOC(C)=O.COCCOC.COCCOC(C)=O.COCCOc1ccc(C)cc1.COc1ccc(C)cc1. The molecule has 32 nitrogen and oxygen atoms in total. The van der Waals surface area contributed by atoms with Gasteiger partial charge in [0.25, 0.3) is 0 Å². The second kappa shape index (κ2) is 118. The maximum atomic E-state index is 10.7. The highest BCUT2D eigenvalue weighted by Crippen LogP contribution is 2.11. The van der Waals surface area contributed by atoms with E-state index in [1.165, 1.54) is 114 Å². The molecule has 3 rings (SSSR count). The fourth-order valence-corrected chi connectivity index (χ4v) is 5.22. The van der Waals surface area contributed by atoms with Crippen molar-refractivity contribution >= 4 is 129 Å². The number of aromatic nitrogens is 1. The Morgan fingerprint density at radius 2 is 0.714 bits per heavy atom. The number of aliphatic carboxylic acids is 1. The standard InChI is InChI=1S/C10H14O2.C8H9NO.C8H10O.C7H14O3.C7H14O2.C6H10O2.C6H14O.C5H10O3.C5H8O3.C5H10O2.C4H10O2.2C3H6O2.C2H5NS2.C2H4O3.C2H4OS2/c1-9-3-5-10(6-4-9)12-8-7-11-2;1-6-3-4-8(7(2)10)9-5-6;1-7-3-5-8(9-2)6-4-7;1-7(8)10-6-4-3-5-9-2;1-3-4-5-6-9-7(2)8;1-3-6(8)4-5(2)7;1-3-4-5-6-7-2;1-5(6)8-4-3-7-2;1-4(6)3-5(7)8-2;1-3-4-7-5(2)6;1-5-3-4-6-2;1-3(4)5-2;1-2-3(4)5;1-3-2(4)5;1-5-2(3)4;1-3-2(4)5/h3-6H,7-8H2,1-2H3;3-5H,1-2H3;3-6H,1-2H3;3-6H2,1-2H3;3-6H2,1-2H3;3-4H2,1-2H3;3-6H2,1-2H3;3-4H2,1-2H3;3H2,1-2H3;3-4H2,1-2H3;3-4H2,1-2H3;1-2H3;2H2,1H3,(H,4,5);1H3,(H2,3,4,5);1H3,(H,3,4);1H3,(H,4,5). The number of carboxylic acids is 1. The maximum Gasteiger partial charge on any atom is 0.505 e. The number of carbonyl (C=O) groups is 12. The fraction of sp³-hybridized carbons (Fsp3) is 0.627. The zero-order valence-electron chi connectivity index (χ0n) is 76.3. The van der Waals surface area contributed by atoms with Crippen molar-refractivity contribution in [3.8, 4) is 11.5 Å². The number of carboxylic acid groups (broad SMARTS) is 2. The molecule has 1 heterocycles. The lowest BCUT2D eigenvalue weighted by molar-refractivity contribution is -0.144. The van der Waals surface area contributed by atoms with E-state index in [-0.39, 0.29) is 76.6 Å². The van der Waals surface area contributed by atoms with Crippen LogP contribution in [0.15, 0.2) is 66.9 Å². The highest BCUT2D eigenvalue weighted by molar-refractivity contribution is 8.11. The van der Waals surface area contributed by atoms with Crippen LogP contribution in [-0.2, 0) is 114 Å². The van der Waals surface area contributed by atoms with Gasteiger partial charge in [-0.15, -0.1) is 12.6 Å². The second-order valence-corrected chi connectivity index (χ2v) is 24.8. The molecule has 0 amide bonds. The molecule has 0 fully saturated rings. The fourth-order valence-electron chi connectivity index (χ4n) is 5.22. The van der Waals surface area contributed by atoms with Gasteiger partial charge in [0.2, 0.25) is 4.38 Å². The van der Waals surface area contributed by atoms with Crippen molar-refractivity contribution in [2.45, 2.75) is 194 Å². The van der Waals surface area contributed by atoms with Crippen molar-refractivity contribution in [1.82, 2.24) is 10.3 Å². The number of carbonyl (C=O) groups excluding carboxylic acids is 10. The molecule has 0 aliphatic heterocycles. The summed E-state index contributed by atoms with van der Waals surface area (Å²) in [6.45, 7) is 33.7. The first-order chi connectivity index (χ1) is 55.9. The van der Waals surface area contributed by atoms with Crippen molar-refractivity contribution in [3.05, 3.63) is 89.2 Å². The minimum atomic E-state index is -1.25. The number of pyridine rings is 1. The minimum absolute atomic E-state index is 0.0139. The van der Waals surface area contributed by atoms with Gasteiger partial charge in [0.1, 0.15) is 58.5 Å². The van der Waals surface area contributed by atoms with E-state index in [0.29, 0.717) is 75.9 Å². The van der Waals surface area contributed by atoms with E-state index in [4.69, 9.17) is 48.2 Å². The molecule has 0 bridgehead atoms. The van der Waals surface area contributed by atoms with Gasteiger partial charge in [-0.05, 0) is 115 Å². The van der Waals surface area contributed by atoms with Crippen LogP contribution in [-0.4, -0.2) is 253 Å². The predicted octanol–water partition coefficient (Wildman–Crippen LogP) is 14.9. The molecule has 0 radical (unpaired) electrons. The Bertz CT molecular complexity index is 2740. The number of ether oxygens (including phenoxy) is 16. The average molecular weight is 1780 g/mol. The lowest BCUT2D eigenvalue weighted by Crippen LogP contribution is -2.06. The first kappa shape index (κ1) is 140. The molecule has 0 saturated heterocycles. The number of hydrogen-bond acceptors (Lipinski definition) is 31. The van der Waals surface area contributed by atoms with Crippen molar-refractivity contribution in [2.24, 2.45) is 0 Å². The summed E-state index contributed by atoms with van der Waals surface area (Å²) in [5.41, 5.74) is 4.11. The van der Waals surface area contributed by atoms with Crippen LogP contribution in [0.4, 0.5) is 4.79 Å². The first-order valence-corrected chi connectivity index (χ1v) is 39.2. The second-order valence-electron chi connectivity index (χ2n) is 22.6. The summed E-state index contributed by atoms with van der Waals surface area (Å²) >= 11 is 16.1. The van der Waals surface area contributed by atoms with Crippen LogP contribution < -0.4 is 14.8 Å². The normalized spacial score (nSPS) is 8.62. The number of methoxy groups -OCH3 is 11. The van der Waals surface area contributed by atoms with Gasteiger partial charge < -0.3 is 91.3 Å². The third-order valence-electron chi connectivity index (χ3n) is 11.4. The lowest BCUT2D eigenvalue weighted by Gasteiger charge is -2.04. The predicted molar refractivity (Wildman–Crippen MR) is 478 cm³/mol. The van der Waals surface area contributed by atoms with Crippen molar-refractivity contribution in [2.75, 3.05) is 158 Å². The van der Waals surface area contributed by atoms with Gasteiger partial charge in [-0.1, -0.05) is 127 Å². The number of Topliss-reactive ketones (excluding diaryl/α,β-unsaturated/α-hetero) is 4. The molecular formula is C83H148N2O30S4. The van der Waals surface area contributed by atoms with Crippen LogP contribution in [0.2, 0.25) is 0 Å². The number of nitrogens with one attached hydrogen (secondary N) is 1. The third-order valence-corrected chi connectivity index (χ3v) is 12.1. The van der Waals surface area contributed by atoms with E-state index in [0.717, 1.165) is 69.5 Å². The van der Waals surface area contributed by atoms with Crippen LogP contribution in [0, 0.1) is 20.8 Å². The molecule has 0 spiro atoms. The lowest BCUT2D eigenvalue weighted by atomic mass is 10.2. The summed E-state index contributed by atoms with van der Waals surface area (Å²) in [7, 11) is 18.5. The molecule has 0 saturated carbocycles. The Morgan fingerprint density at radius 3 is 0.950 bits per heavy atom. The Balaban J connectivity index is -0.0000000922. The van der Waals surface area contributed by atoms with E-state index < -0.39 is 18.1 Å². The number of thiol groups is 2. The van der Waals surface area contributed by atoms with Gasteiger partial charge in [0.15, 0.2) is 5.78 Å². The highest BCUT2D eigenvalue weighted by atomic mass is 32.1. The topological polar surface area (TPSA) is 418 Å². The number of unbranched alkanes of at least 4 members (excludes halogenated alkanes) is 5. The molecule has 694 valence electrons. The van der Waals surface area contributed by atoms with Crippen molar-refractivity contribution in [1.29, 1.82) is 0 Å². The average Bonchev–Trinajstić information content (AvgIpc) is 0.942. The Kier molecular flexibility index (Phi) is 139. The molecule has 0 aliphatic rings. The van der Waals surface area contributed by atoms with Crippen molar-refractivity contribution < 1.29 is 144 Å². The molecule has 36 heteroatoms. The van der Waals surface area contributed by atoms with Crippen LogP contribution in [0.25, 0.3) is 0 Å². The summed E-state index contributed by atoms with van der Waals surface area (Å²) in [6, 6.07) is 19.6. The number of esters is 6. The molecule has 3 N–H and O–H groups in total. The van der Waals surface area contributed by atoms with Gasteiger partial charge in [-0.25, -0.2) is 4.79 Å². The number of nitrogens with zero attached hydrogens (tertiary/aromatic N) is 1. The van der Waals surface area contributed by atoms with Crippen LogP contribution >= 0.6 is 49.7 Å². The van der Waals surface area contributed by atoms with Crippen LogP contribution in [0.3, 0.4) is 0 Å². The van der Waals surface area contributed by atoms with Gasteiger partial charge in [-0.3, -0.25) is 57.7 Å².